The number of aliphatic hydroxyl groups is 1. The Morgan fingerprint density at radius 2 is 2.12 bits per heavy atom. The van der Waals surface area contributed by atoms with E-state index in [1.54, 1.807) is 21.5 Å². The fourth-order valence-electron chi connectivity index (χ4n) is 3.80. The van der Waals surface area contributed by atoms with Crippen molar-refractivity contribution in [3.8, 4) is 0 Å². The van der Waals surface area contributed by atoms with Crippen molar-refractivity contribution in [2.75, 3.05) is 47.4 Å². The second kappa shape index (κ2) is 12.9. The van der Waals surface area contributed by atoms with Gasteiger partial charge in [0.15, 0.2) is 0 Å². The molecule has 0 aromatic carbocycles. The lowest BCUT2D eigenvalue weighted by Crippen LogP contribution is -2.47. The molecular formula is C22H40N6O4. The van der Waals surface area contributed by atoms with E-state index in [2.05, 4.69) is 15.2 Å². The third-order valence-electron chi connectivity index (χ3n) is 5.92. The lowest BCUT2D eigenvalue weighted by molar-refractivity contribution is -0.138. The third kappa shape index (κ3) is 8.14. The van der Waals surface area contributed by atoms with Gasteiger partial charge in [-0.05, 0) is 40.4 Å². The highest BCUT2D eigenvalue weighted by atomic mass is 16.5. The van der Waals surface area contributed by atoms with Gasteiger partial charge in [0.1, 0.15) is 5.69 Å². The van der Waals surface area contributed by atoms with Gasteiger partial charge >= 0.3 is 0 Å². The highest BCUT2D eigenvalue weighted by Gasteiger charge is 2.28. The molecule has 2 rings (SSSR count). The maximum Gasteiger partial charge on any atom is 0.222 e. The molecular weight excluding hydrogens is 412 g/mol. The molecule has 0 fully saturated rings. The molecule has 0 aliphatic carbocycles. The van der Waals surface area contributed by atoms with E-state index in [-0.39, 0.29) is 36.5 Å². The summed E-state index contributed by atoms with van der Waals surface area (Å²) < 4.78 is 7.93. The SMILES string of the molecule is C[C@@H]1CN([C@@H](C)CO)C(=O)CCCn2cc(nn2)CO[C@@H]1CN(C)C(=O)CCCN(C)C. The van der Waals surface area contributed by atoms with Crippen LogP contribution in [0.2, 0.25) is 0 Å². The molecule has 3 atom stereocenters. The van der Waals surface area contributed by atoms with Gasteiger partial charge in [-0.25, -0.2) is 0 Å². The Balaban J connectivity index is 2.13. The molecule has 1 aromatic heterocycles. The fourth-order valence-corrected chi connectivity index (χ4v) is 3.80. The minimum atomic E-state index is -0.287. The number of hydrogen-bond donors (Lipinski definition) is 1. The molecule has 0 spiro atoms. The third-order valence-corrected chi connectivity index (χ3v) is 5.92. The zero-order valence-electron chi connectivity index (χ0n) is 20.2. The Bertz CT molecular complexity index is 725. The first-order valence-electron chi connectivity index (χ1n) is 11.5. The highest BCUT2D eigenvalue weighted by molar-refractivity contribution is 5.76. The molecule has 2 bridgehead atoms. The molecule has 1 aromatic rings. The normalized spacial score (nSPS) is 21.6. The molecule has 10 nitrogen and oxygen atoms in total. The number of aryl methyl sites for hydroxylation is 1. The van der Waals surface area contributed by atoms with Crippen molar-refractivity contribution in [3.63, 3.8) is 0 Å². The van der Waals surface area contributed by atoms with E-state index in [1.807, 2.05) is 34.1 Å². The van der Waals surface area contributed by atoms with Gasteiger partial charge in [-0.15, -0.1) is 5.10 Å². The number of carbonyl (C=O) groups excluding carboxylic acids is 2. The average molecular weight is 453 g/mol. The quantitative estimate of drug-likeness (QED) is 0.616. The summed E-state index contributed by atoms with van der Waals surface area (Å²) in [4.78, 5) is 31.0. The monoisotopic (exact) mass is 452 g/mol. The molecule has 2 amide bonds. The molecule has 1 aliphatic heterocycles. The Morgan fingerprint density at radius 1 is 1.38 bits per heavy atom. The van der Waals surface area contributed by atoms with Gasteiger partial charge in [-0.2, -0.15) is 0 Å². The number of likely N-dealkylation sites (N-methyl/N-ethyl adjacent to an activating group) is 1. The molecule has 0 unspecified atom stereocenters. The van der Waals surface area contributed by atoms with Crippen molar-refractivity contribution in [1.82, 2.24) is 29.7 Å². The predicted molar refractivity (Wildman–Crippen MR) is 121 cm³/mol. The van der Waals surface area contributed by atoms with Crippen molar-refractivity contribution in [3.05, 3.63) is 11.9 Å². The van der Waals surface area contributed by atoms with Crippen LogP contribution in [0.4, 0.5) is 0 Å². The molecule has 2 heterocycles. The van der Waals surface area contributed by atoms with Gasteiger partial charge in [-0.1, -0.05) is 12.1 Å². The molecule has 10 heteroatoms. The van der Waals surface area contributed by atoms with Crippen LogP contribution in [0.1, 0.15) is 45.2 Å². The van der Waals surface area contributed by atoms with E-state index in [9.17, 15) is 14.7 Å². The summed E-state index contributed by atoms with van der Waals surface area (Å²) in [5, 5.41) is 18.0. The number of hydrogen-bond acceptors (Lipinski definition) is 7. The van der Waals surface area contributed by atoms with Crippen LogP contribution in [0, 0.1) is 5.92 Å². The summed E-state index contributed by atoms with van der Waals surface area (Å²) >= 11 is 0. The Morgan fingerprint density at radius 3 is 2.81 bits per heavy atom. The smallest absolute Gasteiger partial charge is 0.222 e. The molecule has 0 radical (unpaired) electrons. The van der Waals surface area contributed by atoms with Crippen LogP contribution in [0.15, 0.2) is 6.20 Å². The topological polar surface area (TPSA) is 104 Å². The first kappa shape index (κ1) is 26.2. The van der Waals surface area contributed by atoms with Gasteiger partial charge in [0.05, 0.1) is 31.6 Å². The fraction of sp³-hybridized carbons (Fsp3) is 0.818. The number of amides is 2. The molecule has 1 N–H and O–H groups in total. The average Bonchev–Trinajstić information content (AvgIpc) is 3.20. The molecule has 0 saturated carbocycles. The van der Waals surface area contributed by atoms with Crippen LogP contribution >= 0.6 is 0 Å². The Labute approximate surface area is 191 Å². The van der Waals surface area contributed by atoms with Gasteiger partial charge < -0.3 is 24.5 Å². The summed E-state index contributed by atoms with van der Waals surface area (Å²) in [6.07, 6.45) is 3.87. The standard InChI is InChI=1S/C22H40N6O4/c1-17-12-28(18(2)15-29)22(31)9-7-11-27-13-19(23-24-27)16-32-20(17)14-26(5)21(30)8-6-10-25(3)4/h13,17-18,20,29H,6-12,14-16H2,1-5H3/t17-,18+,20-/m1/s1. The molecule has 182 valence electrons. The van der Waals surface area contributed by atoms with Gasteiger partial charge in [0.25, 0.3) is 0 Å². The largest absolute Gasteiger partial charge is 0.394 e. The maximum atomic E-state index is 12.9. The minimum absolute atomic E-state index is 0.00449. The second-order valence-electron chi connectivity index (χ2n) is 9.16. The zero-order chi connectivity index (χ0) is 23.7. The van der Waals surface area contributed by atoms with Gasteiger partial charge in [0.2, 0.25) is 11.8 Å². The van der Waals surface area contributed by atoms with E-state index < -0.39 is 0 Å². The van der Waals surface area contributed by atoms with E-state index in [4.69, 9.17) is 4.74 Å². The summed E-state index contributed by atoms with van der Waals surface area (Å²) in [6.45, 7) is 6.41. The number of aliphatic hydroxyl groups excluding tert-OH is 1. The first-order valence-corrected chi connectivity index (χ1v) is 11.5. The summed E-state index contributed by atoms with van der Waals surface area (Å²) in [5.41, 5.74) is 0.730. The number of rotatable bonds is 8. The number of carbonyl (C=O) groups is 2. The van der Waals surface area contributed by atoms with Crippen molar-refractivity contribution in [2.24, 2.45) is 5.92 Å². The van der Waals surface area contributed by atoms with E-state index >= 15 is 0 Å². The maximum absolute atomic E-state index is 12.9. The first-order chi connectivity index (χ1) is 15.2. The van der Waals surface area contributed by atoms with Gasteiger partial charge in [0, 0.05) is 45.4 Å². The summed E-state index contributed by atoms with van der Waals surface area (Å²) in [5.74, 6) is 0.0406. The Kier molecular flexibility index (Phi) is 10.5. The van der Waals surface area contributed by atoms with E-state index in [1.165, 1.54) is 0 Å². The lowest BCUT2D eigenvalue weighted by Gasteiger charge is -2.35. The van der Waals surface area contributed by atoms with E-state index in [0.717, 1.165) is 18.7 Å². The van der Waals surface area contributed by atoms with Crippen LogP contribution in [-0.4, -0.2) is 106 Å². The van der Waals surface area contributed by atoms with Crippen LogP contribution in [0.25, 0.3) is 0 Å². The number of aromatic nitrogens is 3. The van der Waals surface area contributed by atoms with Crippen molar-refractivity contribution in [2.45, 2.75) is 64.8 Å². The van der Waals surface area contributed by atoms with E-state index in [0.29, 0.717) is 45.5 Å². The lowest BCUT2D eigenvalue weighted by atomic mass is 10.0. The minimum Gasteiger partial charge on any atom is -0.394 e. The summed E-state index contributed by atoms with van der Waals surface area (Å²) in [7, 11) is 5.78. The molecule has 1 aliphatic rings. The molecule has 32 heavy (non-hydrogen) atoms. The molecule has 0 saturated heterocycles. The summed E-state index contributed by atoms with van der Waals surface area (Å²) in [6, 6.07) is -0.279. The Hall–Kier alpha value is -2.04. The van der Waals surface area contributed by atoms with Crippen LogP contribution in [-0.2, 0) is 27.5 Å². The number of fused-ring (bicyclic) bond motifs is 2. The second-order valence-corrected chi connectivity index (χ2v) is 9.16. The van der Waals surface area contributed by atoms with Crippen LogP contribution in [0.3, 0.4) is 0 Å². The van der Waals surface area contributed by atoms with Crippen LogP contribution in [0.5, 0.6) is 0 Å². The number of nitrogens with zero attached hydrogens (tertiary/aromatic N) is 6. The van der Waals surface area contributed by atoms with Crippen molar-refractivity contribution < 1.29 is 19.4 Å². The number of ether oxygens (including phenoxy) is 1. The van der Waals surface area contributed by atoms with Crippen molar-refractivity contribution in [1.29, 1.82) is 0 Å². The van der Waals surface area contributed by atoms with Gasteiger partial charge in [-0.3, -0.25) is 14.3 Å². The highest BCUT2D eigenvalue weighted by Crippen LogP contribution is 2.18. The predicted octanol–water partition coefficient (Wildman–Crippen LogP) is 0.603. The zero-order valence-corrected chi connectivity index (χ0v) is 20.2. The van der Waals surface area contributed by atoms with Crippen molar-refractivity contribution >= 4 is 11.8 Å². The van der Waals surface area contributed by atoms with Crippen LogP contribution < -0.4 is 0 Å².